The van der Waals surface area contributed by atoms with Crippen molar-refractivity contribution in [2.45, 2.75) is 75.5 Å². The van der Waals surface area contributed by atoms with Gasteiger partial charge in [-0.25, -0.2) is 8.42 Å². The standard InChI is InChI=1S/C29H41NO6S/c1-4-6-20-35-26-14-16-27(17-15-26)37(32,33)28(22(3)29(31)34-5-2)23-10-12-25(13-11-23)36-21-18-24-9-7-8-19-30-24/h10-17,22,24,28,30H,4-9,18-21H2,1-3H3. The molecule has 0 spiro atoms. The number of sulfone groups is 1. The minimum Gasteiger partial charge on any atom is -0.494 e. The van der Waals surface area contributed by atoms with Crippen LogP contribution in [0.5, 0.6) is 11.5 Å². The van der Waals surface area contributed by atoms with Gasteiger partial charge in [0.05, 0.1) is 30.6 Å². The van der Waals surface area contributed by atoms with Crippen LogP contribution in [0.3, 0.4) is 0 Å². The zero-order valence-corrected chi connectivity index (χ0v) is 23.1. The molecule has 1 heterocycles. The number of rotatable bonds is 14. The molecule has 37 heavy (non-hydrogen) atoms. The molecule has 3 atom stereocenters. The Morgan fingerprint density at radius 2 is 1.62 bits per heavy atom. The molecule has 1 aliphatic rings. The summed E-state index contributed by atoms with van der Waals surface area (Å²) in [4.78, 5) is 12.8. The minimum absolute atomic E-state index is 0.136. The van der Waals surface area contributed by atoms with Gasteiger partial charge in [-0.3, -0.25) is 4.79 Å². The highest BCUT2D eigenvalue weighted by Crippen LogP contribution is 2.37. The predicted octanol–water partition coefficient (Wildman–Crippen LogP) is 5.49. The molecule has 3 rings (SSSR count). The smallest absolute Gasteiger partial charge is 0.310 e. The van der Waals surface area contributed by atoms with Gasteiger partial charge in [-0.1, -0.05) is 38.8 Å². The van der Waals surface area contributed by atoms with Crippen LogP contribution in [-0.2, 0) is 19.4 Å². The molecular formula is C29H41NO6S. The molecule has 0 bridgehead atoms. The maximum absolute atomic E-state index is 13.8. The normalized spacial score (nSPS) is 17.5. The quantitative estimate of drug-likeness (QED) is 0.255. The Balaban J connectivity index is 1.77. The number of hydrogen-bond acceptors (Lipinski definition) is 7. The Labute approximate surface area is 221 Å². The van der Waals surface area contributed by atoms with Gasteiger partial charge in [0.25, 0.3) is 0 Å². The molecule has 1 aliphatic heterocycles. The van der Waals surface area contributed by atoms with Crippen LogP contribution in [0, 0.1) is 5.92 Å². The van der Waals surface area contributed by atoms with E-state index in [2.05, 4.69) is 12.2 Å². The van der Waals surface area contributed by atoms with Crippen molar-refractivity contribution in [2.24, 2.45) is 5.92 Å². The lowest BCUT2D eigenvalue weighted by Crippen LogP contribution is -2.35. The lowest BCUT2D eigenvalue weighted by atomic mass is 10.0. The number of nitrogens with one attached hydrogen (secondary N) is 1. The Kier molecular flexibility index (Phi) is 11.3. The third-order valence-electron chi connectivity index (χ3n) is 6.72. The molecule has 1 N–H and O–H groups in total. The summed E-state index contributed by atoms with van der Waals surface area (Å²) in [5, 5.41) is 2.41. The first-order chi connectivity index (χ1) is 17.9. The summed E-state index contributed by atoms with van der Waals surface area (Å²) < 4.78 is 44.4. The predicted molar refractivity (Wildman–Crippen MR) is 145 cm³/mol. The average Bonchev–Trinajstić information content (AvgIpc) is 2.91. The Bertz CT molecular complexity index is 1060. The third kappa shape index (κ3) is 8.20. The van der Waals surface area contributed by atoms with E-state index < -0.39 is 27.0 Å². The largest absolute Gasteiger partial charge is 0.494 e. The van der Waals surface area contributed by atoms with Crippen LogP contribution in [0.4, 0.5) is 0 Å². The van der Waals surface area contributed by atoms with Crippen molar-refractivity contribution in [1.82, 2.24) is 5.32 Å². The van der Waals surface area contributed by atoms with Crippen LogP contribution in [0.2, 0.25) is 0 Å². The lowest BCUT2D eigenvalue weighted by molar-refractivity contribution is -0.147. The van der Waals surface area contributed by atoms with Crippen LogP contribution in [0.25, 0.3) is 0 Å². The van der Waals surface area contributed by atoms with E-state index in [9.17, 15) is 13.2 Å². The van der Waals surface area contributed by atoms with Crippen molar-refractivity contribution >= 4 is 15.8 Å². The molecular weight excluding hydrogens is 490 g/mol. The van der Waals surface area contributed by atoms with Gasteiger partial charge in [0.1, 0.15) is 16.7 Å². The molecule has 7 nitrogen and oxygen atoms in total. The lowest BCUT2D eigenvalue weighted by Gasteiger charge is -2.24. The average molecular weight is 532 g/mol. The van der Waals surface area contributed by atoms with Crippen molar-refractivity contribution in [3.05, 3.63) is 54.1 Å². The second-order valence-electron chi connectivity index (χ2n) is 9.53. The molecule has 1 saturated heterocycles. The van der Waals surface area contributed by atoms with Crippen LogP contribution < -0.4 is 14.8 Å². The van der Waals surface area contributed by atoms with E-state index in [4.69, 9.17) is 14.2 Å². The van der Waals surface area contributed by atoms with E-state index in [1.807, 2.05) is 0 Å². The molecule has 1 fully saturated rings. The minimum atomic E-state index is -3.91. The van der Waals surface area contributed by atoms with E-state index in [-0.39, 0.29) is 11.5 Å². The van der Waals surface area contributed by atoms with Crippen LogP contribution in [0.15, 0.2) is 53.4 Å². The number of piperidine rings is 1. The number of esters is 1. The van der Waals surface area contributed by atoms with E-state index in [0.717, 1.165) is 25.8 Å². The Hall–Kier alpha value is -2.58. The van der Waals surface area contributed by atoms with E-state index >= 15 is 0 Å². The SMILES string of the molecule is CCCCOc1ccc(S(=O)(=O)C(c2ccc(OCCC3CCCCN3)cc2)C(C)C(=O)OCC)cc1. The van der Waals surface area contributed by atoms with Crippen molar-refractivity contribution in [2.75, 3.05) is 26.4 Å². The summed E-state index contributed by atoms with van der Waals surface area (Å²) in [6.45, 7) is 7.80. The van der Waals surface area contributed by atoms with Crippen molar-refractivity contribution < 1.29 is 27.4 Å². The highest BCUT2D eigenvalue weighted by molar-refractivity contribution is 7.91. The fourth-order valence-electron chi connectivity index (χ4n) is 4.58. The summed E-state index contributed by atoms with van der Waals surface area (Å²) in [6, 6.07) is 13.9. The number of carbonyl (C=O) groups excluding carboxylic acids is 1. The van der Waals surface area contributed by atoms with Crippen LogP contribution in [-0.4, -0.2) is 46.8 Å². The number of carbonyl (C=O) groups is 1. The molecule has 0 aromatic heterocycles. The molecule has 0 radical (unpaired) electrons. The van der Waals surface area contributed by atoms with Crippen LogP contribution in [0.1, 0.15) is 70.1 Å². The van der Waals surface area contributed by atoms with E-state index in [1.54, 1.807) is 50.2 Å². The molecule has 8 heteroatoms. The topological polar surface area (TPSA) is 90.9 Å². The maximum atomic E-state index is 13.8. The monoisotopic (exact) mass is 531 g/mol. The number of ether oxygens (including phenoxy) is 3. The van der Waals surface area contributed by atoms with Gasteiger partial charge < -0.3 is 19.5 Å². The summed E-state index contributed by atoms with van der Waals surface area (Å²) >= 11 is 0. The first kappa shape index (κ1) is 29.0. The van der Waals surface area contributed by atoms with Gasteiger partial charge in [0.15, 0.2) is 9.84 Å². The van der Waals surface area contributed by atoms with Crippen molar-refractivity contribution in [3.8, 4) is 11.5 Å². The van der Waals surface area contributed by atoms with E-state index in [0.29, 0.717) is 36.3 Å². The van der Waals surface area contributed by atoms with Gasteiger partial charge in [-0.2, -0.15) is 0 Å². The molecule has 2 aromatic carbocycles. The fraction of sp³-hybridized carbons (Fsp3) is 0.552. The van der Waals surface area contributed by atoms with Crippen molar-refractivity contribution in [3.63, 3.8) is 0 Å². The zero-order chi connectivity index (χ0) is 26.7. The number of unbranched alkanes of at least 4 members (excludes halogenated alkanes) is 1. The third-order valence-corrected chi connectivity index (χ3v) is 9.00. The second kappa shape index (κ2) is 14.4. The van der Waals surface area contributed by atoms with Gasteiger partial charge >= 0.3 is 5.97 Å². The first-order valence-electron chi connectivity index (χ1n) is 13.5. The summed E-state index contributed by atoms with van der Waals surface area (Å²) in [7, 11) is -3.91. The van der Waals surface area contributed by atoms with Gasteiger partial charge in [-0.05, 0) is 81.1 Å². The van der Waals surface area contributed by atoms with Gasteiger partial charge in [0, 0.05) is 6.04 Å². The molecule has 0 saturated carbocycles. The zero-order valence-electron chi connectivity index (χ0n) is 22.3. The highest BCUT2D eigenvalue weighted by Gasteiger charge is 2.38. The summed E-state index contributed by atoms with van der Waals surface area (Å²) in [6.07, 6.45) is 6.51. The van der Waals surface area contributed by atoms with Gasteiger partial charge in [0.2, 0.25) is 0 Å². The Morgan fingerprint density at radius 1 is 0.973 bits per heavy atom. The maximum Gasteiger partial charge on any atom is 0.310 e. The molecule has 0 aliphatic carbocycles. The molecule has 0 amide bonds. The molecule has 2 aromatic rings. The summed E-state index contributed by atoms with van der Waals surface area (Å²) in [5.74, 6) is -0.147. The fourth-order valence-corrected chi connectivity index (χ4v) is 6.56. The highest BCUT2D eigenvalue weighted by atomic mass is 32.2. The van der Waals surface area contributed by atoms with Gasteiger partial charge in [-0.15, -0.1) is 0 Å². The Morgan fingerprint density at radius 3 is 2.22 bits per heavy atom. The van der Waals surface area contributed by atoms with E-state index in [1.165, 1.54) is 31.4 Å². The number of benzene rings is 2. The number of hydrogen-bond donors (Lipinski definition) is 1. The molecule has 204 valence electrons. The summed E-state index contributed by atoms with van der Waals surface area (Å²) in [5.41, 5.74) is 0.519. The molecule has 3 unspecified atom stereocenters. The second-order valence-corrected chi connectivity index (χ2v) is 11.6. The first-order valence-corrected chi connectivity index (χ1v) is 15.0. The van der Waals surface area contributed by atoms with Crippen LogP contribution >= 0.6 is 0 Å². The van der Waals surface area contributed by atoms with Crippen molar-refractivity contribution in [1.29, 1.82) is 0 Å².